The number of anilines is 3. The third-order valence-corrected chi connectivity index (χ3v) is 6.99. The summed E-state index contributed by atoms with van der Waals surface area (Å²) in [5.74, 6) is 0. The molecule has 0 saturated heterocycles. The van der Waals surface area contributed by atoms with Crippen molar-refractivity contribution in [3.63, 3.8) is 0 Å². The summed E-state index contributed by atoms with van der Waals surface area (Å²) in [4.78, 5) is 2.34. The summed E-state index contributed by atoms with van der Waals surface area (Å²) in [6.45, 7) is 0. The zero-order chi connectivity index (χ0) is 20.9. The number of halogens is 2. The molecule has 3 heteroatoms. The van der Waals surface area contributed by atoms with Crippen molar-refractivity contribution in [3.05, 3.63) is 112 Å². The predicted molar refractivity (Wildman–Crippen MR) is 138 cm³/mol. The molecule has 0 unspecified atom stereocenters. The maximum atomic E-state index is 3.58. The fourth-order valence-electron chi connectivity index (χ4n) is 4.60. The monoisotopic (exact) mass is 525 g/mol. The van der Waals surface area contributed by atoms with E-state index >= 15 is 0 Å². The van der Waals surface area contributed by atoms with Crippen molar-refractivity contribution in [1.29, 1.82) is 0 Å². The Labute approximate surface area is 198 Å². The Hall–Kier alpha value is -2.88. The van der Waals surface area contributed by atoms with Crippen molar-refractivity contribution in [3.8, 4) is 22.3 Å². The van der Waals surface area contributed by atoms with Crippen molar-refractivity contribution in [2.75, 3.05) is 4.90 Å². The highest BCUT2D eigenvalue weighted by molar-refractivity contribution is 9.10. The Morgan fingerprint density at radius 2 is 0.968 bits per heavy atom. The lowest BCUT2D eigenvalue weighted by molar-refractivity contribution is 1.29. The lowest BCUT2D eigenvalue weighted by Crippen LogP contribution is -2.10. The first kappa shape index (κ1) is 18.9. The van der Waals surface area contributed by atoms with Gasteiger partial charge in [0, 0.05) is 25.7 Å². The minimum absolute atomic E-state index is 1.07. The molecule has 0 amide bonds. The molecule has 0 aliphatic heterocycles. The quantitative estimate of drug-likeness (QED) is 0.222. The number of nitrogens with zero attached hydrogens (tertiary/aromatic N) is 1. The zero-order valence-electron chi connectivity index (χ0n) is 16.5. The van der Waals surface area contributed by atoms with Gasteiger partial charge in [-0.3, -0.25) is 0 Å². The van der Waals surface area contributed by atoms with Crippen molar-refractivity contribution < 1.29 is 0 Å². The lowest BCUT2D eigenvalue weighted by atomic mass is 10.0. The van der Waals surface area contributed by atoms with Crippen LogP contribution in [0, 0.1) is 0 Å². The van der Waals surface area contributed by atoms with E-state index in [2.05, 4.69) is 140 Å². The number of rotatable bonds is 3. The zero-order valence-corrected chi connectivity index (χ0v) is 19.7. The second kappa shape index (κ2) is 7.37. The smallest absolute Gasteiger partial charge is 0.0540 e. The van der Waals surface area contributed by atoms with Gasteiger partial charge in [-0.2, -0.15) is 0 Å². The molecule has 0 heterocycles. The number of benzene rings is 5. The number of hydrogen-bond acceptors (Lipinski definition) is 1. The Morgan fingerprint density at radius 3 is 1.55 bits per heavy atom. The SMILES string of the molecule is Brc1ccc(N(c2ccc(Br)cc2)c2ccc3c4c(cccc24)-c2ccccc2-3)cc1. The summed E-state index contributed by atoms with van der Waals surface area (Å²) in [5.41, 5.74) is 8.70. The van der Waals surface area contributed by atoms with Gasteiger partial charge in [-0.15, -0.1) is 0 Å². The molecule has 6 rings (SSSR count). The summed E-state index contributed by atoms with van der Waals surface area (Å²) in [6, 6.07) is 36.9. The van der Waals surface area contributed by atoms with E-state index < -0.39 is 0 Å². The molecule has 0 atom stereocenters. The topological polar surface area (TPSA) is 3.24 Å². The van der Waals surface area contributed by atoms with Crippen LogP contribution in [-0.2, 0) is 0 Å². The van der Waals surface area contributed by atoms with Gasteiger partial charge in [-0.1, -0.05) is 80.4 Å². The van der Waals surface area contributed by atoms with E-state index in [0.717, 1.165) is 20.3 Å². The number of fused-ring (bicyclic) bond motifs is 3. The Morgan fingerprint density at radius 1 is 0.452 bits per heavy atom. The van der Waals surface area contributed by atoms with E-state index in [1.54, 1.807) is 0 Å². The number of hydrogen-bond donors (Lipinski definition) is 0. The molecule has 0 spiro atoms. The Bertz CT molecular complexity index is 1360. The standard InChI is InChI=1S/C28H17Br2N/c29-18-8-12-20(13-9-18)31(21-14-10-19(30)11-15-21)27-17-16-25-23-5-2-1-4-22(23)24-6-3-7-26(27)28(24)25/h1-17H. The van der Waals surface area contributed by atoms with Crippen LogP contribution in [0.4, 0.5) is 17.1 Å². The van der Waals surface area contributed by atoms with Crippen molar-refractivity contribution >= 4 is 59.7 Å². The average Bonchev–Trinajstić information content (AvgIpc) is 3.13. The van der Waals surface area contributed by atoms with Gasteiger partial charge >= 0.3 is 0 Å². The minimum Gasteiger partial charge on any atom is -0.310 e. The molecule has 0 saturated carbocycles. The first-order valence-electron chi connectivity index (χ1n) is 10.2. The third kappa shape index (κ3) is 3.03. The maximum Gasteiger partial charge on any atom is 0.0540 e. The van der Waals surface area contributed by atoms with Crippen LogP contribution in [0.15, 0.2) is 112 Å². The lowest BCUT2D eigenvalue weighted by Gasteiger charge is -2.27. The van der Waals surface area contributed by atoms with Crippen LogP contribution in [-0.4, -0.2) is 0 Å². The molecule has 5 aromatic rings. The van der Waals surface area contributed by atoms with Crippen molar-refractivity contribution in [2.45, 2.75) is 0 Å². The molecule has 148 valence electrons. The molecule has 1 aliphatic rings. The highest BCUT2D eigenvalue weighted by Crippen LogP contribution is 2.50. The molecule has 0 aromatic heterocycles. The van der Waals surface area contributed by atoms with Crippen LogP contribution < -0.4 is 4.90 Å². The van der Waals surface area contributed by atoms with E-state index in [4.69, 9.17) is 0 Å². The van der Waals surface area contributed by atoms with Gasteiger partial charge in [-0.05, 0) is 82.2 Å². The van der Waals surface area contributed by atoms with Crippen LogP contribution in [0.3, 0.4) is 0 Å². The molecule has 31 heavy (non-hydrogen) atoms. The van der Waals surface area contributed by atoms with Crippen molar-refractivity contribution in [2.24, 2.45) is 0 Å². The third-order valence-electron chi connectivity index (χ3n) is 5.94. The van der Waals surface area contributed by atoms with Gasteiger partial charge in [0.1, 0.15) is 0 Å². The Kier molecular flexibility index (Phi) is 4.48. The normalized spacial score (nSPS) is 11.5. The highest BCUT2D eigenvalue weighted by Gasteiger charge is 2.24. The summed E-state index contributed by atoms with van der Waals surface area (Å²) in [7, 11) is 0. The first-order chi connectivity index (χ1) is 15.2. The molecule has 0 radical (unpaired) electrons. The molecule has 0 N–H and O–H groups in total. The van der Waals surface area contributed by atoms with E-state index in [-0.39, 0.29) is 0 Å². The molecular weight excluding hydrogens is 510 g/mol. The summed E-state index contributed by atoms with van der Waals surface area (Å²) < 4.78 is 2.14. The molecule has 0 bridgehead atoms. The van der Waals surface area contributed by atoms with Crippen LogP contribution >= 0.6 is 31.9 Å². The summed E-state index contributed by atoms with van der Waals surface area (Å²) >= 11 is 7.15. The van der Waals surface area contributed by atoms with Gasteiger partial charge in [0.05, 0.1) is 5.69 Å². The molecule has 1 nitrogen and oxygen atoms in total. The van der Waals surface area contributed by atoms with Crippen LogP contribution in [0.2, 0.25) is 0 Å². The van der Waals surface area contributed by atoms with Crippen LogP contribution in [0.1, 0.15) is 0 Å². The van der Waals surface area contributed by atoms with Crippen LogP contribution in [0.25, 0.3) is 33.0 Å². The van der Waals surface area contributed by atoms with E-state index in [0.29, 0.717) is 0 Å². The fourth-order valence-corrected chi connectivity index (χ4v) is 5.12. The summed E-state index contributed by atoms with van der Waals surface area (Å²) in [5, 5.41) is 2.59. The van der Waals surface area contributed by atoms with Crippen LogP contribution in [0.5, 0.6) is 0 Å². The van der Waals surface area contributed by atoms with Gasteiger partial charge < -0.3 is 4.90 Å². The second-order valence-corrected chi connectivity index (χ2v) is 9.53. The minimum atomic E-state index is 1.07. The van der Waals surface area contributed by atoms with Gasteiger partial charge in [-0.25, -0.2) is 0 Å². The molecular formula is C28H17Br2N. The summed E-state index contributed by atoms with van der Waals surface area (Å²) in [6.07, 6.45) is 0. The van der Waals surface area contributed by atoms with E-state index in [1.807, 2.05) is 0 Å². The molecule has 1 aliphatic carbocycles. The predicted octanol–water partition coefficient (Wildman–Crippen LogP) is 9.48. The largest absolute Gasteiger partial charge is 0.310 e. The Balaban J connectivity index is 1.64. The first-order valence-corrected chi connectivity index (χ1v) is 11.8. The molecule has 0 fully saturated rings. The fraction of sp³-hybridized carbons (Fsp3) is 0. The maximum absolute atomic E-state index is 3.58. The average molecular weight is 527 g/mol. The van der Waals surface area contributed by atoms with Gasteiger partial charge in [0.15, 0.2) is 0 Å². The van der Waals surface area contributed by atoms with E-state index in [1.165, 1.54) is 38.7 Å². The van der Waals surface area contributed by atoms with Gasteiger partial charge in [0.25, 0.3) is 0 Å². The highest BCUT2D eigenvalue weighted by atomic mass is 79.9. The van der Waals surface area contributed by atoms with Crippen molar-refractivity contribution in [1.82, 2.24) is 0 Å². The molecule has 5 aromatic carbocycles. The second-order valence-electron chi connectivity index (χ2n) is 7.69. The van der Waals surface area contributed by atoms with Gasteiger partial charge in [0.2, 0.25) is 0 Å². The van der Waals surface area contributed by atoms with E-state index in [9.17, 15) is 0 Å².